The average Bonchev–Trinajstić information content (AvgIpc) is 2.88. The molecule has 3 N–H and O–H groups in total. The van der Waals surface area contributed by atoms with Crippen molar-refractivity contribution in [3.05, 3.63) is 42.0 Å². The molecule has 0 saturated heterocycles. The second-order valence-corrected chi connectivity index (χ2v) is 4.17. The van der Waals surface area contributed by atoms with Gasteiger partial charge in [-0.15, -0.1) is 0 Å². The second kappa shape index (κ2) is 4.65. The first-order valence-electron chi connectivity index (χ1n) is 5.84. The van der Waals surface area contributed by atoms with Crippen LogP contribution in [0.25, 0.3) is 0 Å². The summed E-state index contributed by atoms with van der Waals surface area (Å²) < 4.78 is 16.0. The number of carboxylic acid groups (broad SMARTS) is 1. The van der Waals surface area contributed by atoms with Gasteiger partial charge in [0.1, 0.15) is 5.75 Å². The van der Waals surface area contributed by atoms with E-state index in [9.17, 15) is 4.79 Å². The summed E-state index contributed by atoms with van der Waals surface area (Å²) in [7, 11) is 0. The molecule has 6 nitrogen and oxygen atoms in total. The quantitative estimate of drug-likeness (QED) is 0.835. The highest BCUT2D eigenvalue weighted by Gasteiger charge is 2.15. The largest absolute Gasteiger partial charge is 0.478 e. The van der Waals surface area contributed by atoms with Gasteiger partial charge in [-0.25, -0.2) is 4.79 Å². The number of carboxylic acids is 1. The van der Waals surface area contributed by atoms with Gasteiger partial charge in [-0.2, -0.15) is 0 Å². The van der Waals surface area contributed by atoms with Gasteiger partial charge in [0.15, 0.2) is 17.2 Å². The number of nitrogen functional groups attached to an aromatic ring is 1. The zero-order chi connectivity index (χ0) is 14.1. The lowest BCUT2D eigenvalue weighted by Crippen LogP contribution is -1.99. The third kappa shape index (κ3) is 2.18. The topological polar surface area (TPSA) is 91.0 Å². The molecule has 0 atom stereocenters. The molecular weight excluding hydrogens is 262 g/mol. The molecule has 102 valence electrons. The number of hydrogen-bond acceptors (Lipinski definition) is 5. The highest BCUT2D eigenvalue weighted by Crippen LogP contribution is 2.37. The van der Waals surface area contributed by atoms with Crippen molar-refractivity contribution in [1.29, 1.82) is 0 Å². The van der Waals surface area contributed by atoms with Crippen molar-refractivity contribution in [2.45, 2.75) is 0 Å². The van der Waals surface area contributed by atoms with Crippen molar-refractivity contribution < 1.29 is 24.1 Å². The molecule has 0 fully saturated rings. The molecular formula is C14H11NO5. The Labute approximate surface area is 114 Å². The van der Waals surface area contributed by atoms with Gasteiger partial charge in [0.2, 0.25) is 6.79 Å². The van der Waals surface area contributed by atoms with Gasteiger partial charge < -0.3 is 25.1 Å². The molecule has 0 bridgehead atoms. The van der Waals surface area contributed by atoms with E-state index in [0.29, 0.717) is 22.9 Å². The lowest BCUT2D eigenvalue weighted by molar-refractivity contribution is 0.0696. The van der Waals surface area contributed by atoms with E-state index >= 15 is 0 Å². The Morgan fingerprint density at radius 1 is 1.15 bits per heavy atom. The number of nitrogens with two attached hydrogens (primary N) is 1. The minimum Gasteiger partial charge on any atom is -0.478 e. The summed E-state index contributed by atoms with van der Waals surface area (Å²) in [5.74, 6) is 0.952. The van der Waals surface area contributed by atoms with E-state index in [1.54, 1.807) is 18.2 Å². The van der Waals surface area contributed by atoms with E-state index in [0.717, 1.165) is 0 Å². The highest BCUT2D eigenvalue weighted by molar-refractivity contribution is 5.89. The van der Waals surface area contributed by atoms with E-state index in [-0.39, 0.29) is 18.1 Å². The van der Waals surface area contributed by atoms with Gasteiger partial charge in [0.25, 0.3) is 0 Å². The molecule has 0 aromatic heterocycles. The van der Waals surface area contributed by atoms with Gasteiger partial charge in [0.05, 0.1) is 11.3 Å². The van der Waals surface area contributed by atoms with E-state index in [1.807, 2.05) is 0 Å². The number of rotatable bonds is 3. The highest BCUT2D eigenvalue weighted by atomic mass is 16.7. The molecule has 3 rings (SSSR count). The van der Waals surface area contributed by atoms with Crippen LogP contribution >= 0.6 is 0 Å². The van der Waals surface area contributed by atoms with E-state index in [2.05, 4.69) is 0 Å². The summed E-state index contributed by atoms with van der Waals surface area (Å²) >= 11 is 0. The third-order valence-electron chi connectivity index (χ3n) is 2.83. The summed E-state index contributed by atoms with van der Waals surface area (Å²) in [6.07, 6.45) is 0. The summed E-state index contributed by atoms with van der Waals surface area (Å²) in [5.41, 5.74) is 6.24. The van der Waals surface area contributed by atoms with E-state index < -0.39 is 5.97 Å². The molecule has 6 heteroatoms. The Bertz CT molecular complexity index is 683. The zero-order valence-electron chi connectivity index (χ0n) is 10.3. The van der Waals surface area contributed by atoms with Crippen molar-refractivity contribution in [2.24, 2.45) is 0 Å². The Balaban J connectivity index is 1.91. The first kappa shape index (κ1) is 12.2. The van der Waals surface area contributed by atoms with Crippen LogP contribution in [-0.2, 0) is 0 Å². The van der Waals surface area contributed by atoms with Gasteiger partial charge >= 0.3 is 5.97 Å². The molecule has 0 aliphatic carbocycles. The van der Waals surface area contributed by atoms with Crippen LogP contribution in [-0.4, -0.2) is 17.9 Å². The molecule has 0 saturated carbocycles. The van der Waals surface area contributed by atoms with E-state index in [4.69, 9.17) is 25.1 Å². The maximum atomic E-state index is 10.9. The number of hydrogen-bond donors (Lipinski definition) is 2. The Morgan fingerprint density at radius 3 is 2.75 bits per heavy atom. The number of carbonyl (C=O) groups is 1. The Kier molecular flexibility index (Phi) is 2.83. The number of aromatic carboxylic acids is 1. The molecule has 1 aliphatic heterocycles. The Hall–Kier alpha value is -2.89. The minimum absolute atomic E-state index is 0.106. The summed E-state index contributed by atoms with van der Waals surface area (Å²) in [6.45, 7) is 0.176. The molecule has 0 spiro atoms. The first-order chi connectivity index (χ1) is 9.63. The van der Waals surface area contributed by atoms with Crippen LogP contribution in [0.3, 0.4) is 0 Å². The van der Waals surface area contributed by atoms with Crippen molar-refractivity contribution in [1.82, 2.24) is 0 Å². The van der Waals surface area contributed by atoms with Crippen LogP contribution in [0.1, 0.15) is 10.4 Å². The van der Waals surface area contributed by atoms with Gasteiger partial charge in [0, 0.05) is 6.07 Å². The molecule has 2 aromatic carbocycles. The van der Waals surface area contributed by atoms with Crippen LogP contribution in [0.5, 0.6) is 23.0 Å². The summed E-state index contributed by atoms with van der Waals surface area (Å²) in [6, 6.07) is 9.36. The van der Waals surface area contributed by atoms with Crippen molar-refractivity contribution in [3.63, 3.8) is 0 Å². The first-order valence-corrected chi connectivity index (χ1v) is 5.84. The van der Waals surface area contributed by atoms with Crippen LogP contribution in [0.2, 0.25) is 0 Å². The minimum atomic E-state index is -1.04. The summed E-state index contributed by atoms with van der Waals surface area (Å²) in [5, 5.41) is 8.96. The van der Waals surface area contributed by atoms with Gasteiger partial charge in [-0.1, -0.05) is 0 Å². The van der Waals surface area contributed by atoms with Crippen LogP contribution < -0.4 is 19.9 Å². The van der Waals surface area contributed by atoms with Crippen molar-refractivity contribution >= 4 is 11.7 Å². The monoisotopic (exact) mass is 273 g/mol. The van der Waals surface area contributed by atoms with Crippen LogP contribution in [0, 0.1) is 0 Å². The molecule has 0 amide bonds. The zero-order valence-corrected chi connectivity index (χ0v) is 10.3. The third-order valence-corrected chi connectivity index (χ3v) is 2.83. The number of anilines is 1. The molecule has 20 heavy (non-hydrogen) atoms. The number of ether oxygens (including phenoxy) is 3. The van der Waals surface area contributed by atoms with Crippen LogP contribution in [0.15, 0.2) is 36.4 Å². The molecule has 1 heterocycles. The Morgan fingerprint density at radius 2 is 1.95 bits per heavy atom. The number of fused-ring (bicyclic) bond motifs is 1. The molecule has 0 unspecified atom stereocenters. The fourth-order valence-corrected chi connectivity index (χ4v) is 1.82. The average molecular weight is 273 g/mol. The van der Waals surface area contributed by atoms with Gasteiger partial charge in [-0.3, -0.25) is 0 Å². The van der Waals surface area contributed by atoms with Gasteiger partial charge in [-0.05, 0) is 30.3 Å². The second-order valence-electron chi connectivity index (χ2n) is 4.17. The van der Waals surface area contributed by atoms with Crippen LogP contribution in [0.4, 0.5) is 5.69 Å². The SMILES string of the molecule is Nc1ccc(C(=O)O)cc1Oc1ccc2c(c1)OCO2. The smallest absolute Gasteiger partial charge is 0.335 e. The molecule has 1 aliphatic rings. The summed E-state index contributed by atoms with van der Waals surface area (Å²) in [4.78, 5) is 10.9. The molecule has 2 aromatic rings. The fraction of sp³-hybridized carbons (Fsp3) is 0.0714. The molecule has 0 radical (unpaired) electrons. The lowest BCUT2D eigenvalue weighted by atomic mass is 10.2. The predicted octanol–water partition coefficient (Wildman–Crippen LogP) is 2.49. The fourth-order valence-electron chi connectivity index (χ4n) is 1.82. The van der Waals surface area contributed by atoms with Crippen molar-refractivity contribution in [2.75, 3.05) is 12.5 Å². The number of benzene rings is 2. The standard InChI is InChI=1S/C14H11NO5/c15-10-3-1-8(14(16)17)5-12(10)20-9-2-4-11-13(6-9)19-7-18-11/h1-6H,7,15H2,(H,16,17). The van der Waals surface area contributed by atoms with Crippen molar-refractivity contribution in [3.8, 4) is 23.0 Å². The maximum Gasteiger partial charge on any atom is 0.335 e. The van der Waals surface area contributed by atoms with E-state index in [1.165, 1.54) is 18.2 Å². The maximum absolute atomic E-state index is 10.9. The lowest BCUT2D eigenvalue weighted by Gasteiger charge is -2.09. The predicted molar refractivity (Wildman–Crippen MR) is 70.5 cm³/mol. The normalized spacial score (nSPS) is 12.2.